The summed E-state index contributed by atoms with van der Waals surface area (Å²) in [6, 6.07) is 5.28. The van der Waals surface area contributed by atoms with Gasteiger partial charge >= 0.3 is 6.18 Å². The molecule has 1 aromatic carbocycles. The van der Waals surface area contributed by atoms with E-state index in [1.54, 1.807) is 6.07 Å². The van der Waals surface area contributed by atoms with Crippen molar-refractivity contribution in [3.8, 4) is 0 Å². The fourth-order valence-corrected chi connectivity index (χ4v) is 1.78. The summed E-state index contributed by atoms with van der Waals surface area (Å²) in [5.41, 5.74) is -0.0509. The molecule has 4 nitrogen and oxygen atoms in total. The number of rotatable bonds is 4. The summed E-state index contributed by atoms with van der Waals surface area (Å²) < 4.78 is 39.5. The predicted molar refractivity (Wildman–Crippen MR) is 67.7 cm³/mol. The van der Waals surface area contributed by atoms with E-state index in [2.05, 4.69) is 15.5 Å². The molecule has 2 aromatic rings. The van der Waals surface area contributed by atoms with Gasteiger partial charge in [-0.15, -0.1) is 10.2 Å². The standard InChI is InChI=1S/C13H15F3N4/c1-9-18-19-12(20(9)2)8-17-7-10-4-3-5-11(6-10)13(14,15)16/h3-6,17H,7-8H2,1-2H3. The summed E-state index contributed by atoms with van der Waals surface area (Å²) in [7, 11) is 1.84. The highest BCUT2D eigenvalue weighted by molar-refractivity contribution is 5.25. The number of benzene rings is 1. The van der Waals surface area contributed by atoms with Crippen molar-refractivity contribution >= 4 is 0 Å². The molecule has 108 valence electrons. The Hall–Kier alpha value is -1.89. The molecule has 0 spiro atoms. The molecule has 0 unspecified atom stereocenters. The molecule has 0 fully saturated rings. The van der Waals surface area contributed by atoms with Gasteiger partial charge in [-0.05, 0) is 18.6 Å². The average molecular weight is 284 g/mol. The number of hydrogen-bond donors (Lipinski definition) is 1. The van der Waals surface area contributed by atoms with Gasteiger partial charge in [-0.25, -0.2) is 0 Å². The van der Waals surface area contributed by atoms with Crippen molar-refractivity contribution in [2.75, 3.05) is 0 Å². The molecule has 20 heavy (non-hydrogen) atoms. The SMILES string of the molecule is Cc1nnc(CNCc2cccc(C(F)(F)F)c2)n1C. The van der Waals surface area contributed by atoms with Crippen molar-refractivity contribution in [3.63, 3.8) is 0 Å². The fourth-order valence-electron chi connectivity index (χ4n) is 1.78. The number of hydrogen-bond acceptors (Lipinski definition) is 3. The molecule has 1 heterocycles. The fraction of sp³-hybridized carbons (Fsp3) is 0.385. The van der Waals surface area contributed by atoms with Gasteiger partial charge in [0.2, 0.25) is 0 Å². The minimum absolute atomic E-state index is 0.343. The van der Waals surface area contributed by atoms with Crippen LogP contribution in [0.2, 0.25) is 0 Å². The van der Waals surface area contributed by atoms with Crippen LogP contribution in [-0.2, 0) is 26.3 Å². The zero-order chi connectivity index (χ0) is 14.8. The highest BCUT2D eigenvalue weighted by Crippen LogP contribution is 2.29. The molecule has 1 aromatic heterocycles. The van der Waals surface area contributed by atoms with Crippen LogP contribution >= 0.6 is 0 Å². The van der Waals surface area contributed by atoms with Gasteiger partial charge in [0.1, 0.15) is 11.6 Å². The van der Waals surface area contributed by atoms with Crippen LogP contribution in [0.3, 0.4) is 0 Å². The minimum Gasteiger partial charge on any atom is -0.317 e. The monoisotopic (exact) mass is 284 g/mol. The molecule has 0 aliphatic rings. The third kappa shape index (κ3) is 3.36. The Bertz CT molecular complexity index is 590. The smallest absolute Gasteiger partial charge is 0.317 e. The molecular weight excluding hydrogens is 269 g/mol. The van der Waals surface area contributed by atoms with Crippen LogP contribution in [-0.4, -0.2) is 14.8 Å². The third-order valence-electron chi connectivity index (χ3n) is 3.05. The van der Waals surface area contributed by atoms with Crippen LogP contribution in [0, 0.1) is 6.92 Å². The van der Waals surface area contributed by atoms with E-state index in [9.17, 15) is 13.2 Å². The second kappa shape index (κ2) is 5.62. The van der Waals surface area contributed by atoms with E-state index in [1.807, 2.05) is 18.5 Å². The van der Waals surface area contributed by atoms with E-state index < -0.39 is 11.7 Å². The minimum atomic E-state index is -4.31. The molecular formula is C13H15F3N4. The molecule has 0 saturated carbocycles. The molecule has 0 bridgehead atoms. The van der Waals surface area contributed by atoms with Gasteiger partial charge in [0.25, 0.3) is 0 Å². The normalized spacial score (nSPS) is 11.8. The van der Waals surface area contributed by atoms with Gasteiger partial charge in [-0.2, -0.15) is 13.2 Å². The van der Waals surface area contributed by atoms with Gasteiger partial charge in [0.15, 0.2) is 0 Å². The molecule has 1 N–H and O–H groups in total. The lowest BCUT2D eigenvalue weighted by molar-refractivity contribution is -0.137. The van der Waals surface area contributed by atoms with Crippen LogP contribution < -0.4 is 5.32 Å². The van der Waals surface area contributed by atoms with E-state index in [0.29, 0.717) is 18.7 Å². The molecule has 0 amide bonds. The zero-order valence-corrected chi connectivity index (χ0v) is 11.2. The Labute approximate surface area is 114 Å². The molecule has 0 radical (unpaired) electrons. The van der Waals surface area contributed by atoms with Gasteiger partial charge in [-0.1, -0.05) is 18.2 Å². The second-order valence-electron chi connectivity index (χ2n) is 4.52. The summed E-state index contributed by atoms with van der Waals surface area (Å²) in [4.78, 5) is 0. The van der Waals surface area contributed by atoms with Crippen LogP contribution in [0.4, 0.5) is 13.2 Å². The third-order valence-corrected chi connectivity index (χ3v) is 3.05. The summed E-state index contributed by atoms with van der Waals surface area (Å²) in [5.74, 6) is 1.54. The number of aryl methyl sites for hydroxylation is 1. The number of nitrogens with zero attached hydrogens (tertiary/aromatic N) is 3. The van der Waals surface area contributed by atoms with E-state index in [1.165, 1.54) is 6.07 Å². The second-order valence-corrected chi connectivity index (χ2v) is 4.52. The summed E-state index contributed by atoms with van der Waals surface area (Å²) >= 11 is 0. The first kappa shape index (κ1) is 14.5. The van der Waals surface area contributed by atoms with Crippen molar-refractivity contribution in [2.45, 2.75) is 26.2 Å². The Balaban J connectivity index is 1.96. The molecule has 2 rings (SSSR count). The zero-order valence-electron chi connectivity index (χ0n) is 11.2. The number of nitrogens with one attached hydrogen (secondary N) is 1. The number of aromatic nitrogens is 3. The van der Waals surface area contributed by atoms with Crippen LogP contribution in [0.5, 0.6) is 0 Å². The van der Waals surface area contributed by atoms with Crippen molar-refractivity contribution in [1.82, 2.24) is 20.1 Å². The van der Waals surface area contributed by atoms with Crippen molar-refractivity contribution in [3.05, 3.63) is 47.0 Å². The van der Waals surface area contributed by atoms with E-state index in [-0.39, 0.29) is 0 Å². The maximum absolute atomic E-state index is 12.6. The van der Waals surface area contributed by atoms with Crippen LogP contribution in [0.15, 0.2) is 24.3 Å². The largest absolute Gasteiger partial charge is 0.416 e. The molecule has 0 saturated heterocycles. The number of alkyl halides is 3. The van der Waals surface area contributed by atoms with Crippen molar-refractivity contribution < 1.29 is 13.2 Å². The first-order chi connectivity index (χ1) is 9.38. The Morgan fingerprint density at radius 1 is 1.20 bits per heavy atom. The van der Waals surface area contributed by atoms with Crippen molar-refractivity contribution in [2.24, 2.45) is 7.05 Å². The average Bonchev–Trinajstić information content (AvgIpc) is 2.70. The highest BCUT2D eigenvalue weighted by Gasteiger charge is 2.30. The first-order valence-corrected chi connectivity index (χ1v) is 6.09. The molecule has 0 atom stereocenters. The molecule has 7 heteroatoms. The maximum atomic E-state index is 12.6. The Kier molecular flexibility index (Phi) is 4.08. The summed E-state index contributed by atoms with van der Waals surface area (Å²) in [6.07, 6.45) is -4.31. The van der Waals surface area contributed by atoms with Gasteiger partial charge < -0.3 is 9.88 Å². The first-order valence-electron chi connectivity index (χ1n) is 6.09. The number of halogens is 3. The van der Waals surface area contributed by atoms with Gasteiger partial charge in [0.05, 0.1) is 12.1 Å². The molecule has 0 aliphatic heterocycles. The van der Waals surface area contributed by atoms with Gasteiger partial charge in [0, 0.05) is 13.6 Å². The van der Waals surface area contributed by atoms with E-state index >= 15 is 0 Å². The Morgan fingerprint density at radius 3 is 2.55 bits per heavy atom. The Morgan fingerprint density at radius 2 is 1.95 bits per heavy atom. The predicted octanol–water partition coefficient (Wildman–Crippen LogP) is 2.43. The maximum Gasteiger partial charge on any atom is 0.416 e. The van der Waals surface area contributed by atoms with Crippen LogP contribution in [0.25, 0.3) is 0 Å². The van der Waals surface area contributed by atoms with E-state index in [4.69, 9.17) is 0 Å². The van der Waals surface area contributed by atoms with Crippen molar-refractivity contribution in [1.29, 1.82) is 0 Å². The quantitative estimate of drug-likeness (QED) is 0.937. The lowest BCUT2D eigenvalue weighted by Gasteiger charge is -2.09. The van der Waals surface area contributed by atoms with E-state index in [0.717, 1.165) is 23.8 Å². The topological polar surface area (TPSA) is 42.7 Å². The van der Waals surface area contributed by atoms with Gasteiger partial charge in [-0.3, -0.25) is 0 Å². The highest BCUT2D eigenvalue weighted by atomic mass is 19.4. The molecule has 0 aliphatic carbocycles. The lowest BCUT2D eigenvalue weighted by atomic mass is 10.1. The summed E-state index contributed by atoms with van der Waals surface area (Å²) in [5, 5.41) is 10.9. The lowest BCUT2D eigenvalue weighted by Crippen LogP contribution is -2.16. The summed E-state index contributed by atoms with van der Waals surface area (Å²) in [6.45, 7) is 2.63. The van der Waals surface area contributed by atoms with Crippen LogP contribution in [0.1, 0.15) is 22.8 Å².